The van der Waals surface area contributed by atoms with Gasteiger partial charge in [-0.15, -0.1) is 0 Å². The highest BCUT2D eigenvalue weighted by atomic mass is 32.1. The van der Waals surface area contributed by atoms with E-state index in [0.717, 1.165) is 24.1 Å². The molecule has 0 saturated carbocycles. The molecule has 0 atom stereocenters. The van der Waals surface area contributed by atoms with Crippen molar-refractivity contribution in [2.24, 2.45) is 0 Å². The highest BCUT2D eigenvalue weighted by Gasteiger charge is 2.30. The van der Waals surface area contributed by atoms with Crippen molar-refractivity contribution in [2.75, 3.05) is 11.4 Å². The number of fused-ring (bicyclic) bond motifs is 2. The van der Waals surface area contributed by atoms with Crippen LogP contribution >= 0.6 is 12.2 Å². The first-order valence-corrected chi connectivity index (χ1v) is 10.7. The molecular formula is C23H18F3N5OS. The van der Waals surface area contributed by atoms with Crippen molar-refractivity contribution in [2.45, 2.75) is 26.1 Å². The standard InChI is InChI=1S/C23H18F3N5OS/c1-13-27-19-18(21(33)31(13)17-8-4-7-16(11-17)23(24,25)26)20(32)29-22(28-19)30-10-9-14-5-2-3-6-15(14)12-30/h2-8,11H,9-10,12H2,1H3,(H,28,29,32). The van der Waals surface area contributed by atoms with Crippen molar-refractivity contribution in [1.29, 1.82) is 0 Å². The van der Waals surface area contributed by atoms with E-state index in [1.807, 2.05) is 23.1 Å². The average Bonchev–Trinajstić information content (AvgIpc) is 2.78. The molecule has 3 heterocycles. The van der Waals surface area contributed by atoms with Gasteiger partial charge in [0.2, 0.25) is 5.95 Å². The van der Waals surface area contributed by atoms with Crippen LogP contribution < -0.4 is 10.5 Å². The summed E-state index contributed by atoms with van der Waals surface area (Å²) < 4.78 is 41.0. The fraction of sp³-hybridized carbons (Fsp3) is 0.217. The van der Waals surface area contributed by atoms with Crippen LogP contribution in [0.3, 0.4) is 0 Å². The molecule has 0 radical (unpaired) electrons. The zero-order valence-corrected chi connectivity index (χ0v) is 18.3. The van der Waals surface area contributed by atoms with Crippen molar-refractivity contribution in [1.82, 2.24) is 19.5 Å². The van der Waals surface area contributed by atoms with Crippen molar-refractivity contribution >= 4 is 29.2 Å². The minimum atomic E-state index is -4.50. The first-order chi connectivity index (χ1) is 15.7. The Balaban J connectivity index is 1.61. The summed E-state index contributed by atoms with van der Waals surface area (Å²) in [7, 11) is 0. The monoisotopic (exact) mass is 469 g/mol. The molecule has 4 aromatic rings. The van der Waals surface area contributed by atoms with E-state index in [1.54, 1.807) is 6.92 Å². The van der Waals surface area contributed by atoms with Gasteiger partial charge in [-0.1, -0.05) is 42.5 Å². The Kier molecular flexibility index (Phi) is 5.04. The molecule has 0 saturated heterocycles. The number of benzene rings is 2. The molecular weight excluding hydrogens is 451 g/mol. The van der Waals surface area contributed by atoms with Gasteiger partial charge in [-0.25, -0.2) is 4.98 Å². The lowest BCUT2D eigenvalue weighted by Gasteiger charge is -2.29. The third kappa shape index (κ3) is 3.80. The molecule has 2 aromatic heterocycles. The summed E-state index contributed by atoms with van der Waals surface area (Å²) >= 11 is 5.51. The molecule has 1 aliphatic rings. The topological polar surface area (TPSA) is 66.8 Å². The lowest BCUT2D eigenvalue weighted by atomic mass is 10.0. The molecule has 0 fully saturated rings. The van der Waals surface area contributed by atoms with Crippen LogP contribution in [-0.2, 0) is 19.1 Å². The number of nitrogens with one attached hydrogen (secondary N) is 1. The Morgan fingerprint density at radius 1 is 1.06 bits per heavy atom. The van der Waals surface area contributed by atoms with Gasteiger partial charge in [-0.3, -0.25) is 14.3 Å². The Hall–Kier alpha value is -3.53. The first kappa shape index (κ1) is 21.3. The molecule has 0 spiro atoms. The largest absolute Gasteiger partial charge is 0.416 e. The van der Waals surface area contributed by atoms with E-state index in [1.165, 1.54) is 22.3 Å². The number of alkyl halides is 3. The number of hydrogen-bond donors (Lipinski definition) is 1. The molecule has 168 valence electrons. The Morgan fingerprint density at radius 3 is 2.58 bits per heavy atom. The number of nitrogens with zero attached hydrogens (tertiary/aromatic N) is 4. The highest BCUT2D eigenvalue weighted by Crippen LogP contribution is 2.31. The highest BCUT2D eigenvalue weighted by molar-refractivity contribution is 7.71. The molecule has 2 aromatic carbocycles. The number of hydrogen-bond acceptors (Lipinski definition) is 5. The number of H-pyrrole nitrogens is 1. The maximum Gasteiger partial charge on any atom is 0.416 e. The molecule has 6 nitrogen and oxygen atoms in total. The fourth-order valence-corrected chi connectivity index (χ4v) is 4.56. The van der Waals surface area contributed by atoms with E-state index in [2.05, 4.69) is 21.0 Å². The fourth-order valence-electron chi connectivity index (χ4n) is 4.14. The van der Waals surface area contributed by atoms with E-state index >= 15 is 0 Å². The summed E-state index contributed by atoms with van der Waals surface area (Å²) in [5.41, 5.74) is 1.48. The zero-order valence-electron chi connectivity index (χ0n) is 17.5. The smallest absolute Gasteiger partial charge is 0.338 e. The maximum atomic E-state index is 13.2. The summed E-state index contributed by atoms with van der Waals surface area (Å²) in [5, 5.41) is 0.0640. The van der Waals surface area contributed by atoms with Crippen LogP contribution in [0, 0.1) is 11.6 Å². The van der Waals surface area contributed by atoms with Crippen LogP contribution in [0.1, 0.15) is 22.5 Å². The van der Waals surface area contributed by atoms with Gasteiger partial charge >= 0.3 is 6.18 Å². The molecule has 0 bridgehead atoms. The number of aryl methyl sites for hydroxylation is 1. The second-order valence-corrected chi connectivity index (χ2v) is 8.26. The van der Waals surface area contributed by atoms with Gasteiger partial charge in [0.1, 0.15) is 15.9 Å². The molecule has 10 heteroatoms. The van der Waals surface area contributed by atoms with Crippen LogP contribution in [0.5, 0.6) is 0 Å². The van der Waals surface area contributed by atoms with Gasteiger partial charge < -0.3 is 4.90 Å². The second kappa shape index (κ2) is 7.80. The van der Waals surface area contributed by atoms with Crippen molar-refractivity contribution < 1.29 is 13.2 Å². The molecule has 1 N–H and O–H groups in total. The number of aromatic amines is 1. The SMILES string of the molecule is Cc1nc2nc(N3CCc4ccccc4C3)[nH]c(=O)c2c(=S)n1-c1cccc(C(F)(F)F)c1. The van der Waals surface area contributed by atoms with E-state index in [-0.39, 0.29) is 21.4 Å². The van der Waals surface area contributed by atoms with Crippen LogP contribution in [0.4, 0.5) is 19.1 Å². The molecule has 33 heavy (non-hydrogen) atoms. The minimum absolute atomic E-state index is 0.0566. The summed E-state index contributed by atoms with van der Waals surface area (Å²) in [5.74, 6) is 0.722. The van der Waals surface area contributed by atoms with Crippen molar-refractivity contribution in [3.8, 4) is 5.69 Å². The number of anilines is 1. The normalized spacial score (nSPS) is 13.9. The van der Waals surface area contributed by atoms with Crippen molar-refractivity contribution in [3.05, 3.63) is 86.0 Å². The maximum absolute atomic E-state index is 13.2. The van der Waals surface area contributed by atoms with Gasteiger partial charge in [-0.05, 0) is 42.7 Å². The van der Waals surface area contributed by atoms with Crippen LogP contribution in [0.15, 0.2) is 53.3 Å². The van der Waals surface area contributed by atoms with Crippen LogP contribution in [-0.4, -0.2) is 26.1 Å². The molecule has 0 amide bonds. The number of rotatable bonds is 2. The Morgan fingerprint density at radius 2 is 1.82 bits per heavy atom. The Labute approximate surface area is 191 Å². The molecule has 5 rings (SSSR count). The zero-order chi connectivity index (χ0) is 23.3. The Bertz CT molecular complexity index is 1510. The lowest BCUT2D eigenvalue weighted by molar-refractivity contribution is -0.137. The number of halogens is 3. The quantitative estimate of drug-likeness (QED) is 0.430. The van der Waals surface area contributed by atoms with Crippen molar-refractivity contribution in [3.63, 3.8) is 0 Å². The summed E-state index contributed by atoms with van der Waals surface area (Å²) in [6.07, 6.45) is -3.68. The van der Waals surface area contributed by atoms with Gasteiger partial charge in [0.25, 0.3) is 5.56 Å². The van der Waals surface area contributed by atoms with Crippen LogP contribution in [0.25, 0.3) is 16.7 Å². The van der Waals surface area contributed by atoms with Gasteiger partial charge in [0.05, 0.1) is 5.56 Å². The lowest BCUT2D eigenvalue weighted by Crippen LogP contribution is -2.33. The van der Waals surface area contributed by atoms with Gasteiger partial charge in [0.15, 0.2) is 5.65 Å². The summed E-state index contributed by atoms with van der Waals surface area (Å²) in [6.45, 7) is 2.90. The molecule has 0 unspecified atom stereocenters. The van der Waals surface area contributed by atoms with Gasteiger partial charge in [0, 0.05) is 18.8 Å². The van der Waals surface area contributed by atoms with E-state index in [0.29, 0.717) is 24.9 Å². The third-order valence-corrected chi connectivity index (χ3v) is 6.14. The predicted molar refractivity (Wildman–Crippen MR) is 121 cm³/mol. The second-order valence-electron chi connectivity index (χ2n) is 7.88. The molecule has 0 aliphatic carbocycles. The predicted octanol–water partition coefficient (Wildman–Crippen LogP) is 4.73. The first-order valence-electron chi connectivity index (χ1n) is 10.3. The van der Waals surface area contributed by atoms with Crippen LogP contribution in [0.2, 0.25) is 0 Å². The number of aromatic nitrogens is 4. The van der Waals surface area contributed by atoms with E-state index in [4.69, 9.17) is 12.2 Å². The summed E-state index contributed by atoms with van der Waals surface area (Å²) in [4.78, 5) is 26.7. The van der Waals surface area contributed by atoms with E-state index in [9.17, 15) is 18.0 Å². The third-order valence-electron chi connectivity index (χ3n) is 5.76. The molecule has 1 aliphatic heterocycles. The van der Waals surface area contributed by atoms with E-state index < -0.39 is 17.3 Å². The minimum Gasteiger partial charge on any atom is -0.338 e. The van der Waals surface area contributed by atoms with Gasteiger partial charge in [-0.2, -0.15) is 18.2 Å². The summed E-state index contributed by atoms with van der Waals surface area (Å²) in [6, 6.07) is 12.9. The average molecular weight is 469 g/mol.